The lowest BCUT2D eigenvalue weighted by Gasteiger charge is -2.46. The number of fused-ring (bicyclic) bond motifs is 6. The first-order chi connectivity index (χ1) is 13.8. The fourth-order valence-corrected chi connectivity index (χ4v) is 4.12. The third kappa shape index (κ3) is 2.39. The van der Waals surface area contributed by atoms with Crippen LogP contribution in [0.25, 0.3) is 0 Å². The van der Waals surface area contributed by atoms with Crippen molar-refractivity contribution >= 4 is 5.69 Å². The molecule has 5 rings (SSSR count). The summed E-state index contributed by atoms with van der Waals surface area (Å²) in [6.07, 6.45) is 0.193. The van der Waals surface area contributed by atoms with Crippen molar-refractivity contribution in [3.05, 3.63) is 59.2 Å². The van der Waals surface area contributed by atoms with Gasteiger partial charge in [-0.25, -0.2) is 0 Å². The average Bonchev–Trinajstić information content (AvgIpc) is 2.65. The number of ether oxygens (including phenoxy) is 2. The maximum absolute atomic E-state index is 10.5. The number of hydrogen-bond acceptors (Lipinski definition) is 8. The highest BCUT2D eigenvalue weighted by molar-refractivity contribution is 5.62. The Kier molecular flexibility index (Phi) is 3.28. The Bertz CT molecular complexity index is 1150. The highest BCUT2D eigenvalue weighted by atomic mass is 16.7. The minimum Gasteiger partial charge on any atom is -0.508 e. The molecule has 0 amide bonds. The zero-order valence-electron chi connectivity index (χ0n) is 15.0. The summed E-state index contributed by atoms with van der Waals surface area (Å²) in [7, 11) is 0. The van der Waals surface area contributed by atoms with Crippen LogP contribution in [0.1, 0.15) is 29.0 Å². The van der Waals surface area contributed by atoms with E-state index >= 15 is 0 Å². The molecule has 0 aliphatic carbocycles. The van der Waals surface area contributed by atoms with Gasteiger partial charge in [0.25, 0.3) is 5.79 Å². The fourth-order valence-electron chi connectivity index (χ4n) is 4.12. The van der Waals surface area contributed by atoms with E-state index in [9.17, 15) is 25.5 Å². The van der Waals surface area contributed by atoms with Crippen molar-refractivity contribution in [2.45, 2.75) is 18.1 Å². The minimum absolute atomic E-state index is 0.134. The highest BCUT2D eigenvalue weighted by Gasteiger charge is 2.51. The molecule has 0 radical (unpaired) electrons. The number of benzene rings is 3. The van der Waals surface area contributed by atoms with Crippen LogP contribution >= 0.6 is 0 Å². The van der Waals surface area contributed by atoms with E-state index in [1.54, 1.807) is 18.2 Å². The van der Waals surface area contributed by atoms with Crippen LogP contribution in [0.15, 0.2) is 42.5 Å². The van der Waals surface area contributed by atoms with Crippen molar-refractivity contribution in [1.29, 1.82) is 0 Å². The Morgan fingerprint density at radius 1 is 0.828 bits per heavy atom. The number of nitrogens with two attached hydrogens (primary N) is 1. The number of aromatic hydroxyl groups is 5. The molecule has 2 bridgehead atoms. The molecule has 2 atom stereocenters. The van der Waals surface area contributed by atoms with E-state index in [4.69, 9.17) is 15.2 Å². The number of hydrogen-bond donors (Lipinski definition) is 6. The van der Waals surface area contributed by atoms with E-state index < -0.39 is 29.0 Å². The van der Waals surface area contributed by atoms with Crippen molar-refractivity contribution in [3.8, 4) is 40.2 Å². The Labute approximate surface area is 164 Å². The highest BCUT2D eigenvalue weighted by Crippen LogP contribution is 2.58. The number of phenols is 5. The van der Waals surface area contributed by atoms with Gasteiger partial charge in [0.1, 0.15) is 23.0 Å². The molecule has 0 saturated carbocycles. The monoisotopic (exact) mass is 395 g/mol. The zero-order valence-corrected chi connectivity index (χ0v) is 15.0. The second kappa shape index (κ2) is 5.54. The molecule has 7 N–H and O–H groups in total. The van der Waals surface area contributed by atoms with Gasteiger partial charge >= 0.3 is 0 Å². The smallest absolute Gasteiger partial charge is 0.279 e. The third-order valence-corrected chi connectivity index (χ3v) is 5.39. The van der Waals surface area contributed by atoms with Crippen LogP contribution in [-0.4, -0.2) is 25.5 Å². The number of phenolic OH excluding ortho intramolecular Hbond substituents is 5. The van der Waals surface area contributed by atoms with Crippen molar-refractivity contribution in [2.75, 3.05) is 5.73 Å². The molecule has 2 aliphatic heterocycles. The molecule has 0 saturated heterocycles. The lowest BCUT2D eigenvalue weighted by Crippen LogP contribution is -2.46. The van der Waals surface area contributed by atoms with Crippen molar-refractivity contribution in [2.24, 2.45) is 0 Å². The maximum Gasteiger partial charge on any atom is 0.279 e. The fraction of sp³-hybridized carbons (Fsp3) is 0.143. The number of rotatable bonds is 1. The van der Waals surface area contributed by atoms with Gasteiger partial charge in [-0.05, 0) is 30.3 Å². The number of nitrogen functional groups attached to an aromatic ring is 1. The molecule has 8 nitrogen and oxygen atoms in total. The average molecular weight is 395 g/mol. The summed E-state index contributed by atoms with van der Waals surface area (Å²) in [6.45, 7) is 0. The molecule has 29 heavy (non-hydrogen) atoms. The molecule has 3 aromatic rings. The second-order valence-electron chi connectivity index (χ2n) is 7.25. The lowest BCUT2D eigenvalue weighted by molar-refractivity contribution is -0.149. The molecule has 2 unspecified atom stereocenters. The van der Waals surface area contributed by atoms with Crippen LogP contribution in [0.5, 0.6) is 40.2 Å². The van der Waals surface area contributed by atoms with Crippen molar-refractivity contribution in [3.63, 3.8) is 0 Å². The molecule has 0 spiro atoms. The van der Waals surface area contributed by atoms with Gasteiger partial charge in [0.2, 0.25) is 0 Å². The summed E-state index contributed by atoms with van der Waals surface area (Å²) >= 11 is 0. The quantitative estimate of drug-likeness (QED) is 0.272. The summed E-state index contributed by atoms with van der Waals surface area (Å²) in [5.74, 6) is -3.28. The SMILES string of the molecule is Nc1ccc2c(c1)C1CC(c3cc(O)c(O)c(O)c3)(O2)Oc2cc(O)cc(O)c21. The molecule has 0 fully saturated rings. The van der Waals surface area contributed by atoms with Crippen LogP contribution in [-0.2, 0) is 5.79 Å². The molecular formula is C21H17NO7. The Balaban J connectivity index is 1.79. The molecular weight excluding hydrogens is 378 g/mol. The number of anilines is 1. The van der Waals surface area contributed by atoms with E-state index in [0.29, 0.717) is 17.0 Å². The molecule has 148 valence electrons. The summed E-state index contributed by atoms with van der Waals surface area (Å²) in [6, 6.07) is 10.2. The zero-order chi connectivity index (χ0) is 20.5. The van der Waals surface area contributed by atoms with Gasteiger partial charge in [0.05, 0.1) is 0 Å². The third-order valence-electron chi connectivity index (χ3n) is 5.39. The van der Waals surface area contributed by atoms with Gasteiger partial charge in [-0.2, -0.15) is 0 Å². The standard InChI is InChI=1S/C21H17NO7/c22-10-1-2-17-12(5-10)13-8-21(28-17,9-3-15(25)20(27)16(26)4-9)29-18-7-11(23)6-14(24)19(13)18/h1-7,13,23-27H,8,22H2. The van der Waals surface area contributed by atoms with Crippen LogP contribution in [0.3, 0.4) is 0 Å². The molecule has 0 aromatic heterocycles. The van der Waals surface area contributed by atoms with Crippen LogP contribution in [0.4, 0.5) is 5.69 Å². The predicted octanol–water partition coefficient (Wildman–Crippen LogP) is 2.96. The first kappa shape index (κ1) is 17.2. The lowest BCUT2D eigenvalue weighted by atomic mass is 9.78. The van der Waals surface area contributed by atoms with Crippen LogP contribution < -0.4 is 15.2 Å². The molecule has 8 heteroatoms. The summed E-state index contributed by atoms with van der Waals surface area (Å²) in [4.78, 5) is 0. The summed E-state index contributed by atoms with van der Waals surface area (Å²) in [5, 5.41) is 50.1. The van der Waals surface area contributed by atoms with Gasteiger partial charge in [-0.1, -0.05) is 0 Å². The van der Waals surface area contributed by atoms with E-state index in [1.165, 1.54) is 24.3 Å². The normalized spacial score (nSPS) is 21.4. The molecule has 3 aromatic carbocycles. The van der Waals surface area contributed by atoms with E-state index in [-0.39, 0.29) is 29.2 Å². The Morgan fingerprint density at radius 3 is 2.24 bits per heavy atom. The summed E-state index contributed by atoms with van der Waals surface area (Å²) < 4.78 is 12.3. The first-order valence-electron chi connectivity index (χ1n) is 8.86. The Morgan fingerprint density at radius 2 is 1.52 bits per heavy atom. The first-order valence-corrected chi connectivity index (χ1v) is 8.86. The van der Waals surface area contributed by atoms with Gasteiger partial charge in [-0.15, -0.1) is 0 Å². The van der Waals surface area contributed by atoms with Crippen molar-refractivity contribution in [1.82, 2.24) is 0 Å². The van der Waals surface area contributed by atoms with E-state index in [0.717, 1.165) is 5.56 Å². The topological polar surface area (TPSA) is 146 Å². The summed E-state index contributed by atoms with van der Waals surface area (Å²) in [5.41, 5.74) is 7.93. The maximum atomic E-state index is 10.5. The Hall–Kier alpha value is -3.94. The van der Waals surface area contributed by atoms with Gasteiger partial charge in [0, 0.05) is 46.8 Å². The largest absolute Gasteiger partial charge is 0.508 e. The second-order valence-corrected chi connectivity index (χ2v) is 7.25. The van der Waals surface area contributed by atoms with E-state index in [1.807, 2.05) is 0 Å². The van der Waals surface area contributed by atoms with Crippen molar-refractivity contribution < 1.29 is 35.0 Å². The van der Waals surface area contributed by atoms with Crippen LogP contribution in [0.2, 0.25) is 0 Å². The van der Waals surface area contributed by atoms with Gasteiger partial charge in [-0.3, -0.25) is 0 Å². The van der Waals surface area contributed by atoms with Gasteiger partial charge < -0.3 is 40.7 Å². The predicted molar refractivity (Wildman–Crippen MR) is 101 cm³/mol. The molecule has 2 heterocycles. The van der Waals surface area contributed by atoms with Gasteiger partial charge in [0.15, 0.2) is 17.2 Å². The minimum atomic E-state index is -1.48. The van der Waals surface area contributed by atoms with E-state index in [2.05, 4.69) is 0 Å². The molecule has 2 aliphatic rings. The van der Waals surface area contributed by atoms with Crippen LogP contribution in [0, 0.1) is 0 Å².